The van der Waals surface area contributed by atoms with Crippen LogP contribution in [0, 0.1) is 6.92 Å². The van der Waals surface area contributed by atoms with Crippen molar-refractivity contribution in [1.82, 2.24) is 19.7 Å². The number of carbonyl (C=O) groups is 1. The molecule has 3 rings (SSSR count). The second-order valence-corrected chi connectivity index (χ2v) is 5.29. The third-order valence-corrected chi connectivity index (χ3v) is 4.08. The molecular formula is C12H11N5O2S. The number of hydrogen-bond acceptors (Lipinski definition) is 6. The van der Waals surface area contributed by atoms with Crippen LogP contribution >= 0.6 is 11.3 Å². The summed E-state index contributed by atoms with van der Waals surface area (Å²) >= 11 is 1.15. The van der Waals surface area contributed by atoms with E-state index in [0.29, 0.717) is 16.2 Å². The molecule has 0 bridgehead atoms. The normalized spacial score (nSPS) is 10.9. The van der Waals surface area contributed by atoms with Gasteiger partial charge in [-0.05, 0) is 12.5 Å². The third kappa shape index (κ3) is 1.99. The van der Waals surface area contributed by atoms with E-state index >= 15 is 0 Å². The highest BCUT2D eigenvalue weighted by atomic mass is 32.1. The molecule has 0 aliphatic rings. The van der Waals surface area contributed by atoms with Gasteiger partial charge < -0.3 is 10.4 Å². The van der Waals surface area contributed by atoms with Crippen LogP contribution in [0.2, 0.25) is 0 Å². The van der Waals surface area contributed by atoms with Gasteiger partial charge in [0.15, 0.2) is 0 Å². The van der Waals surface area contributed by atoms with Crippen LogP contribution in [0.5, 0.6) is 0 Å². The quantitative estimate of drug-likeness (QED) is 0.767. The summed E-state index contributed by atoms with van der Waals surface area (Å²) < 4.78 is 1.67. The van der Waals surface area contributed by atoms with Crippen molar-refractivity contribution in [2.75, 3.05) is 5.32 Å². The zero-order chi connectivity index (χ0) is 14.3. The molecule has 7 nitrogen and oxygen atoms in total. The van der Waals surface area contributed by atoms with Gasteiger partial charge in [-0.3, -0.25) is 4.68 Å². The van der Waals surface area contributed by atoms with Crippen LogP contribution in [0.3, 0.4) is 0 Å². The third-order valence-electron chi connectivity index (χ3n) is 2.89. The van der Waals surface area contributed by atoms with Gasteiger partial charge in [0.2, 0.25) is 0 Å². The molecule has 0 fully saturated rings. The standard InChI is InChI=1S/C12H11N5O2S/c1-6-8-10(16-7-3-15-17(2)4-7)13-5-14-11(8)20-9(6)12(18)19/h3-5H,1-2H3,(H,18,19)(H,13,14,16). The Hall–Kier alpha value is -2.48. The lowest BCUT2D eigenvalue weighted by Crippen LogP contribution is -1.96. The van der Waals surface area contributed by atoms with Gasteiger partial charge in [0, 0.05) is 13.2 Å². The fourth-order valence-corrected chi connectivity index (χ4v) is 2.98. The smallest absolute Gasteiger partial charge is 0.346 e. The Kier molecular flexibility index (Phi) is 2.87. The number of rotatable bonds is 3. The zero-order valence-electron chi connectivity index (χ0n) is 10.8. The molecule has 0 saturated heterocycles. The molecule has 0 unspecified atom stereocenters. The summed E-state index contributed by atoms with van der Waals surface area (Å²) in [6, 6.07) is 0. The topological polar surface area (TPSA) is 92.9 Å². The Morgan fingerprint density at radius 2 is 2.25 bits per heavy atom. The summed E-state index contributed by atoms with van der Waals surface area (Å²) in [6.45, 7) is 1.76. The summed E-state index contributed by atoms with van der Waals surface area (Å²) in [5.41, 5.74) is 1.46. The number of aromatic carboxylic acids is 1. The van der Waals surface area contributed by atoms with Crippen LogP contribution in [0.1, 0.15) is 15.2 Å². The number of aromatic nitrogens is 4. The summed E-state index contributed by atoms with van der Waals surface area (Å²) in [4.78, 5) is 20.5. The van der Waals surface area contributed by atoms with Gasteiger partial charge in [0.1, 0.15) is 21.9 Å². The minimum Gasteiger partial charge on any atom is -0.477 e. The fourth-order valence-electron chi connectivity index (χ4n) is 1.99. The average molecular weight is 289 g/mol. The number of hydrogen-bond donors (Lipinski definition) is 2. The first-order valence-corrected chi connectivity index (χ1v) is 6.61. The Balaban J connectivity index is 2.13. The van der Waals surface area contributed by atoms with E-state index < -0.39 is 5.97 Å². The number of fused-ring (bicyclic) bond motifs is 1. The van der Waals surface area contributed by atoms with Gasteiger partial charge in [-0.1, -0.05) is 0 Å². The molecule has 0 aliphatic heterocycles. The van der Waals surface area contributed by atoms with Crippen LogP contribution in [0.25, 0.3) is 10.2 Å². The largest absolute Gasteiger partial charge is 0.477 e. The minimum absolute atomic E-state index is 0.287. The van der Waals surface area contributed by atoms with Crippen molar-refractivity contribution in [3.8, 4) is 0 Å². The van der Waals surface area contributed by atoms with Gasteiger partial charge in [0.25, 0.3) is 0 Å². The Labute approximate surface area is 117 Å². The highest BCUT2D eigenvalue weighted by Gasteiger charge is 2.18. The second-order valence-electron chi connectivity index (χ2n) is 4.29. The van der Waals surface area contributed by atoms with Crippen molar-refractivity contribution in [2.24, 2.45) is 7.05 Å². The van der Waals surface area contributed by atoms with E-state index in [1.54, 1.807) is 17.8 Å². The van der Waals surface area contributed by atoms with E-state index in [4.69, 9.17) is 0 Å². The molecule has 0 atom stereocenters. The number of nitrogens with zero attached hydrogens (tertiary/aromatic N) is 4. The average Bonchev–Trinajstić information content (AvgIpc) is 2.95. The molecule has 0 aromatic carbocycles. The molecule has 102 valence electrons. The molecule has 0 amide bonds. The maximum absolute atomic E-state index is 11.2. The SMILES string of the molecule is Cc1c(C(=O)O)sc2ncnc(Nc3cnn(C)c3)c12. The molecule has 0 radical (unpaired) electrons. The lowest BCUT2D eigenvalue weighted by molar-refractivity contribution is 0.0701. The number of carboxylic acid groups (broad SMARTS) is 1. The molecule has 3 aromatic rings. The van der Waals surface area contributed by atoms with Gasteiger partial charge in [-0.2, -0.15) is 5.10 Å². The summed E-state index contributed by atoms with van der Waals surface area (Å²) in [5, 5.41) is 17.1. The van der Waals surface area contributed by atoms with E-state index in [-0.39, 0.29) is 4.88 Å². The first-order valence-electron chi connectivity index (χ1n) is 5.79. The van der Waals surface area contributed by atoms with Crippen molar-refractivity contribution in [3.63, 3.8) is 0 Å². The maximum atomic E-state index is 11.2. The van der Waals surface area contributed by atoms with Crippen molar-refractivity contribution in [1.29, 1.82) is 0 Å². The molecular weight excluding hydrogens is 278 g/mol. The number of thiophene rings is 1. The second kappa shape index (κ2) is 4.57. The van der Waals surface area contributed by atoms with Crippen molar-refractivity contribution < 1.29 is 9.90 Å². The van der Waals surface area contributed by atoms with Crippen LogP contribution in [0.4, 0.5) is 11.5 Å². The molecule has 3 aromatic heterocycles. The first kappa shape index (κ1) is 12.5. The van der Waals surface area contributed by atoms with E-state index in [2.05, 4.69) is 20.4 Å². The minimum atomic E-state index is -0.946. The van der Waals surface area contributed by atoms with E-state index in [9.17, 15) is 9.90 Å². The molecule has 20 heavy (non-hydrogen) atoms. The first-order chi connectivity index (χ1) is 9.56. The van der Waals surface area contributed by atoms with Gasteiger partial charge >= 0.3 is 5.97 Å². The van der Waals surface area contributed by atoms with Crippen LogP contribution < -0.4 is 5.32 Å². The molecule has 2 N–H and O–H groups in total. The molecule has 8 heteroatoms. The lowest BCUT2D eigenvalue weighted by Gasteiger charge is -2.04. The van der Waals surface area contributed by atoms with Crippen LogP contribution in [-0.2, 0) is 7.05 Å². The van der Waals surface area contributed by atoms with Crippen molar-refractivity contribution in [2.45, 2.75) is 6.92 Å². The number of anilines is 2. The summed E-state index contributed by atoms with van der Waals surface area (Å²) in [6.07, 6.45) is 4.91. The molecule has 3 heterocycles. The predicted molar refractivity (Wildman–Crippen MR) is 75.6 cm³/mol. The highest BCUT2D eigenvalue weighted by Crippen LogP contribution is 2.34. The Bertz CT molecular complexity index is 807. The number of carboxylic acids is 1. The highest BCUT2D eigenvalue weighted by molar-refractivity contribution is 7.20. The molecule has 0 saturated carbocycles. The monoisotopic (exact) mass is 289 g/mol. The van der Waals surface area contributed by atoms with Gasteiger partial charge in [0.05, 0.1) is 17.3 Å². The number of aryl methyl sites for hydroxylation is 2. The summed E-state index contributed by atoms with van der Waals surface area (Å²) in [7, 11) is 1.82. The lowest BCUT2D eigenvalue weighted by atomic mass is 10.2. The molecule has 0 spiro atoms. The fraction of sp³-hybridized carbons (Fsp3) is 0.167. The van der Waals surface area contributed by atoms with Crippen molar-refractivity contribution >= 4 is 39.0 Å². The van der Waals surface area contributed by atoms with Crippen LogP contribution in [0.15, 0.2) is 18.7 Å². The van der Waals surface area contributed by atoms with Gasteiger partial charge in [-0.15, -0.1) is 11.3 Å². The zero-order valence-corrected chi connectivity index (χ0v) is 11.6. The van der Waals surface area contributed by atoms with Crippen molar-refractivity contribution in [3.05, 3.63) is 29.2 Å². The van der Waals surface area contributed by atoms with E-state index in [1.807, 2.05) is 13.2 Å². The Morgan fingerprint density at radius 3 is 2.90 bits per heavy atom. The van der Waals surface area contributed by atoms with Gasteiger partial charge in [-0.25, -0.2) is 14.8 Å². The maximum Gasteiger partial charge on any atom is 0.346 e. The summed E-state index contributed by atoms with van der Waals surface area (Å²) in [5.74, 6) is -0.359. The van der Waals surface area contributed by atoms with E-state index in [1.165, 1.54) is 6.33 Å². The molecule has 0 aliphatic carbocycles. The number of nitrogens with one attached hydrogen (secondary N) is 1. The van der Waals surface area contributed by atoms with E-state index in [0.717, 1.165) is 22.4 Å². The predicted octanol–water partition coefficient (Wildman–Crippen LogP) is 2.18. The van der Waals surface area contributed by atoms with Crippen LogP contribution in [-0.4, -0.2) is 30.8 Å². The Morgan fingerprint density at radius 1 is 1.45 bits per heavy atom.